The number of aromatic nitrogens is 1. The standard InChI is InChI=1S/C28H32FN3O6S/c1-3-37-26(33)25-24(19-8-9-20(22(29)12-19)16-39(2,35)36)21-6-4-5-7-23(21)32(25)11-10-31-17-28(38-27(31)34)13-18(14-28)15-30/h4-9,12,18H,3,10-11,13-17,30H2,1-2H3. The lowest BCUT2D eigenvalue weighted by Gasteiger charge is -2.42. The number of benzene rings is 2. The molecule has 2 aromatic carbocycles. The van der Waals surface area contributed by atoms with Crippen LogP contribution >= 0.6 is 0 Å². The van der Waals surface area contributed by atoms with Crippen molar-refractivity contribution in [1.82, 2.24) is 9.47 Å². The number of ether oxygens (including phenoxy) is 2. The number of hydrogen-bond acceptors (Lipinski definition) is 7. The normalized spacial score (nSPS) is 20.9. The van der Waals surface area contributed by atoms with Crippen molar-refractivity contribution < 1.29 is 31.9 Å². The van der Waals surface area contributed by atoms with Crippen molar-refractivity contribution in [1.29, 1.82) is 0 Å². The van der Waals surface area contributed by atoms with E-state index in [0.29, 0.717) is 42.1 Å². The molecule has 0 bridgehead atoms. The minimum atomic E-state index is -3.43. The summed E-state index contributed by atoms with van der Waals surface area (Å²) in [6, 6.07) is 11.7. The number of esters is 1. The van der Waals surface area contributed by atoms with Gasteiger partial charge in [0.25, 0.3) is 0 Å². The zero-order valence-electron chi connectivity index (χ0n) is 22.0. The highest BCUT2D eigenvalue weighted by molar-refractivity contribution is 7.89. The smallest absolute Gasteiger partial charge is 0.410 e. The van der Waals surface area contributed by atoms with E-state index in [1.54, 1.807) is 22.5 Å². The summed E-state index contributed by atoms with van der Waals surface area (Å²) in [5.41, 5.74) is 7.19. The minimum Gasteiger partial charge on any atom is -0.461 e. The van der Waals surface area contributed by atoms with E-state index in [1.165, 1.54) is 12.1 Å². The van der Waals surface area contributed by atoms with Crippen LogP contribution in [0, 0.1) is 11.7 Å². The predicted octanol–water partition coefficient (Wildman–Crippen LogP) is 3.73. The van der Waals surface area contributed by atoms with E-state index in [4.69, 9.17) is 15.2 Å². The molecule has 1 spiro atoms. The fourth-order valence-corrected chi connectivity index (χ4v) is 6.60. The average Bonchev–Trinajstić information content (AvgIpc) is 3.37. The number of para-hydroxylation sites is 1. The van der Waals surface area contributed by atoms with E-state index in [0.717, 1.165) is 24.6 Å². The van der Waals surface area contributed by atoms with Crippen LogP contribution in [0.4, 0.5) is 9.18 Å². The van der Waals surface area contributed by atoms with Gasteiger partial charge < -0.3 is 24.7 Å². The van der Waals surface area contributed by atoms with Crippen LogP contribution in [-0.4, -0.2) is 68.0 Å². The number of hydrogen-bond donors (Lipinski definition) is 1. The molecule has 2 aliphatic rings. The molecule has 208 valence electrons. The maximum Gasteiger partial charge on any atom is 0.410 e. The zero-order valence-corrected chi connectivity index (χ0v) is 22.8. The lowest BCUT2D eigenvalue weighted by Crippen LogP contribution is -2.49. The van der Waals surface area contributed by atoms with Crippen molar-refractivity contribution in [3.63, 3.8) is 0 Å². The Morgan fingerprint density at radius 2 is 1.95 bits per heavy atom. The van der Waals surface area contributed by atoms with Gasteiger partial charge in [-0.2, -0.15) is 0 Å². The summed E-state index contributed by atoms with van der Waals surface area (Å²) in [4.78, 5) is 27.6. The van der Waals surface area contributed by atoms with Gasteiger partial charge in [0.2, 0.25) is 0 Å². The van der Waals surface area contributed by atoms with E-state index < -0.39 is 33.0 Å². The summed E-state index contributed by atoms with van der Waals surface area (Å²) in [7, 11) is -3.43. The second-order valence-electron chi connectivity index (χ2n) is 10.5. The average molecular weight is 558 g/mol. The Balaban J connectivity index is 1.53. The van der Waals surface area contributed by atoms with Gasteiger partial charge in [-0.05, 0) is 49.9 Å². The summed E-state index contributed by atoms with van der Waals surface area (Å²) in [5.74, 6) is -1.32. The second-order valence-corrected chi connectivity index (χ2v) is 12.6. The third kappa shape index (κ3) is 5.25. The number of carbonyl (C=O) groups excluding carboxylic acids is 2. The van der Waals surface area contributed by atoms with Crippen LogP contribution in [0.5, 0.6) is 0 Å². The second kappa shape index (κ2) is 10.3. The predicted molar refractivity (Wildman–Crippen MR) is 144 cm³/mol. The number of rotatable bonds is 9. The Kier molecular flexibility index (Phi) is 7.15. The number of carbonyl (C=O) groups is 2. The summed E-state index contributed by atoms with van der Waals surface area (Å²) in [6.07, 6.45) is 2.16. The number of amides is 1. The van der Waals surface area contributed by atoms with Gasteiger partial charge in [-0.3, -0.25) is 0 Å². The molecule has 3 aromatic rings. The van der Waals surface area contributed by atoms with Crippen molar-refractivity contribution in [2.75, 3.05) is 32.5 Å². The van der Waals surface area contributed by atoms with E-state index in [2.05, 4.69) is 0 Å². The third-order valence-electron chi connectivity index (χ3n) is 7.49. The Morgan fingerprint density at radius 1 is 1.21 bits per heavy atom. The molecule has 0 atom stereocenters. The largest absolute Gasteiger partial charge is 0.461 e. The number of nitrogens with zero attached hydrogens (tertiary/aromatic N) is 2. The fraction of sp³-hybridized carbons (Fsp3) is 0.429. The molecule has 1 aliphatic carbocycles. The molecular weight excluding hydrogens is 525 g/mol. The molecule has 11 heteroatoms. The van der Waals surface area contributed by atoms with E-state index in [-0.39, 0.29) is 30.5 Å². The van der Waals surface area contributed by atoms with Gasteiger partial charge in [0, 0.05) is 41.4 Å². The van der Waals surface area contributed by atoms with Crippen LogP contribution in [-0.2, 0) is 31.6 Å². The maximum absolute atomic E-state index is 15.1. The van der Waals surface area contributed by atoms with Gasteiger partial charge in [0.1, 0.15) is 17.1 Å². The Hall–Kier alpha value is -3.44. The highest BCUT2D eigenvalue weighted by atomic mass is 32.2. The maximum atomic E-state index is 15.1. The molecule has 1 aliphatic heterocycles. The lowest BCUT2D eigenvalue weighted by molar-refractivity contribution is -0.0438. The number of nitrogens with two attached hydrogens (primary N) is 1. The lowest BCUT2D eigenvalue weighted by atomic mass is 9.71. The Bertz CT molecular complexity index is 1540. The molecule has 39 heavy (non-hydrogen) atoms. The van der Waals surface area contributed by atoms with Crippen LogP contribution < -0.4 is 5.73 Å². The summed E-state index contributed by atoms with van der Waals surface area (Å²) < 4.78 is 51.4. The van der Waals surface area contributed by atoms with Crippen LogP contribution in [0.3, 0.4) is 0 Å². The molecule has 5 rings (SSSR count). The summed E-state index contributed by atoms with van der Waals surface area (Å²) in [6.45, 7) is 3.48. The van der Waals surface area contributed by atoms with Crippen LogP contribution in [0.15, 0.2) is 42.5 Å². The fourth-order valence-electron chi connectivity index (χ4n) is 5.80. The quantitative estimate of drug-likeness (QED) is 0.398. The summed E-state index contributed by atoms with van der Waals surface area (Å²) in [5, 5.41) is 0.709. The molecule has 1 saturated carbocycles. The molecule has 9 nitrogen and oxygen atoms in total. The molecule has 1 aromatic heterocycles. The van der Waals surface area contributed by atoms with Crippen molar-refractivity contribution >= 4 is 32.8 Å². The van der Waals surface area contributed by atoms with Crippen LogP contribution in [0.2, 0.25) is 0 Å². The van der Waals surface area contributed by atoms with Crippen molar-refractivity contribution in [2.24, 2.45) is 11.7 Å². The first kappa shape index (κ1) is 27.1. The highest BCUT2D eigenvalue weighted by Crippen LogP contribution is 2.44. The van der Waals surface area contributed by atoms with Gasteiger partial charge in [-0.25, -0.2) is 22.4 Å². The van der Waals surface area contributed by atoms with Crippen molar-refractivity contribution in [3.05, 3.63) is 59.5 Å². The van der Waals surface area contributed by atoms with E-state index in [9.17, 15) is 18.0 Å². The van der Waals surface area contributed by atoms with Gasteiger partial charge in [0.05, 0.1) is 18.9 Å². The molecule has 1 saturated heterocycles. The number of fused-ring (bicyclic) bond motifs is 1. The molecular formula is C28H32FN3O6S. The highest BCUT2D eigenvalue weighted by Gasteiger charge is 2.53. The van der Waals surface area contributed by atoms with Crippen LogP contribution in [0.25, 0.3) is 22.0 Å². The van der Waals surface area contributed by atoms with Crippen molar-refractivity contribution in [3.8, 4) is 11.1 Å². The van der Waals surface area contributed by atoms with Gasteiger partial charge in [-0.15, -0.1) is 0 Å². The number of halogens is 1. The Labute approximate surface area is 226 Å². The Morgan fingerprint density at radius 3 is 2.62 bits per heavy atom. The molecule has 1 amide bonds. The van der Waals surface area contributed by atoms with Gasteiger partial charge >= 0.3 is 12.1 Å². The number of sulfone groups is 1. The molecule has 2 fully saturated rings. The van der Waals surface area contributed by atoms with E-state index >= 15 is 4.39 Å². The first-order valence-electron chi connectivity index (χ1n) is 13.0. The molecule has 2 N–H and O–H groups in total. The van der Waals surface area contributed by atoms with Crippen molar-refractivity contribution in [2.45, 2.75) is 37.7 Å². The molecule has 0 unspecified atom stereocenters. The minimum absolute atomic E-state index is 0.0528. The molecule has 0 radical (unpaired) electrons. The topological polar surface area (TPSA) is 121 Å². The monoisotopic (exact) mass is 557 g/mol. The molecule has 2 heterocycles. The van der Waals surface area contributed by atoms with E-state index in [1.807, 2.05) is 24.3 Å². The van der Waals surface area contributed by atoms with Gasteiger partial charge in [0.15, 0.2) is 9.84 Å². The van der Waals surface area contributed by atoms with Crippen LogP contribution in [0.1, 0.15) is 35.8 Å². The third-order valence-corrected chi connectivity index (χ3v) is 8.32. The zero-order chi connectivity index (χ0) is 27.9. The summed E-state index contributed by atoms with van der Waals surface area (Å²) >= 11 is 0. The SMILES string of the molecule is CCOC(=O)c1c(-c2ccc(CS(C)(=O)=O)c(F)c2)c2ccccc2n1CCN1CC2(CC(CN)C2)OC1=O. The first-order chi connectivity index (χ1) is 18.5. The first-order valence-corrected chi connectivity index (χ1v) is 15.0. The van der Waals surface area contributed by atoms with Gasteiger partial charge in [-0.1, -0.05) is 30.3 Å².